The maximum absolute atomic E-state index is 13.6. The number of anilines is 1. The number of nitro groups is 1. The lowest BCUT2D eigenvalue weighted by atomic mass is 9.76. The van der Waals surface area contributed by atoms with Gasteiger partial charge < -0.3 is 14.4 Å². The number of hydrazone groups is 1. The lowest BCUT2D eigenvalue weighted by molar-refractivity contribution is -0.384. The van der Waals surface area contributed by atoms with Gasteiger partial charge in [-0.3, -0.25) is 14.9 Å². The summed E-state index contributed by atoms with van der Waals surface area (Å²) < 4.78 is 10.9. The first-order valence-electron chi connectivity index (χ1n) is 12.3. The van der Waals surface area contributed by atoms with E-state index in [9.17, 15) is 14.9 Å². The van der Waals surface area contributed by atoms with Crippen molar-refractivity contribution in [1.82, 2.24) is 5.01 Å². The average Bonchev–Trinajstić information content (AvgIpc) is 2.93. The predicted molar refractivity (Wildman–Crippen MR) is 137 cm³/mol. The summed E-state index contributed by atoms with van der Waals surface area (Å²) in [5.74, 6) is 1.31. The lowest BCUT2D eigenvalue weighted by Crippen LogP contribution is -2.52. The number of non-ortho nitro benzene ring substituents is 1. The van der Waals surface area contributed by atoms with Gasteiger partial charge in [0.25, 0.3) is 5.69 Å². The number of nitrogens with zero attached hydrogens (tertiary/aromatic N) is 4. The standard InChI is InChI=1S/C27H30N4O5/c1-35-24-12-7-18(17-25(24)36-2)26-22-5-3-4-6-23(22)27(32)30(28-26)20-13-15-29(16-14-20)19-8-10-21(11-9-19)31(33)34/h3-4,7-12,17,20,22-23H,5-6,13-16H2,1-2H3/t22-,23+/m0/s1. The summed E-state index contributed by atoms with van der Waals surface area (Å²) in [6, 6.07) is 12.5. The van der Waals surface area contributed by atoms with E-state index in [-0.39, 0.29) is 34.4 Å². The molecule has 0 saturated carbocycles. The molecule has 36 heavy (non-hydrogen) atoms. The first-order valence-corrected chi connectivity index (χ1v) is 12.3. The molecule has 0 bridgehead atoms. The van der Waals surface area contributed by atoms with Crippen LogP contribution >= 0.6 is 0 Å². The van der Waals surface area contributed by atoms with Crippen LogP contribution in [-0.4, -0.2) is 54.9 Å². The summed E-state index contributed by atoms with van der Waals surface area (Å²) in [7, 11) is 3.23. The Hall–Kier alpha value is -3.88. The van der Waals surface area contributed by atoms with Crippen molar-refractivity contribution in [3.63, 3.8) is 0 Å². The second-order valence-electron chi connectivity index (χ2n) is 9.39. The van der Waals surface area contributed by atoms with E-state index >= 15 is 0 Å². The number of carbonyl (C=O) groups is 1. The first kappa shape index (κ1) is 23.8. The zero-order chi connectivity index (χ0) is 25.2. The third-order valence-corrected chi connectivity index (χ3v) is 7.46. The van der Waals surface area contributed by atoms with Crippen LogP contribution in [0.5, 0.6) is 11.5 Å². The third-order valence-electron chi connectivity index (χ3n) is 7.46. The molecular formula is C27H30N4O5. The molecule has 2 aromatic carbocycles. The van der Waals surface area contributed by atoms with Crippen LogP contribution in [0.4, 0.5) is 11.4 Å². The van der Waals surface area contributed by atoms with Crippen molar-refractivity contribution >= 4 is 23.0 Å². The molecule has 3 aliphatic rings. The third kappa shape index (κ3) is 4.41. The molecule has 188 valence electrons. The SMILES string of the molecule is COc1ccc(C2=NN(C3CCN(c4ccc([N+](=O)[O-])cc4)CC3)C(=O)[C@@H]3CC=CC[C@H]23)cc1OC. The molecule has 1 amide bonds. The fraction of sp³-hybridized carbons (Fsp3) is 0.407. The molecule has 0 spiro atoms. The summed E-state index contributed by atoms with van der Waals surface area (Å²) in [6.07, 6.45) is 7.30. The molecule has 1 fully saturated rings. The minimum atomic E-state index is -0.389. The largest absolute Gasteiger partial charge is 0.493 e. The summed E-state index contributed by atoms with van der Waals surface area (Å²) in [5.41, 5.74) is 2.90. The van der Waals surface area contributed by atoms with E-state index in [1.165, 1.54) is 12.1 Å². The molecule has 2 heterocycles. The number of nitro benzene ring substituents is 1. The van der Waals surface area contributed by atoms with Crippen LogP contribution in [0.1, 0.15) is 31.2 Å². The van der Waals surface area contributed by atoms with Gasteiger partial charge in [0, 0.05) is 42.4 Å². The molecule has 0 aromatic heterocycles. The molecule has 0 unspecified atom stereocenters. The van der Waals surface area contributed by atoms with E-state index in [0.717, 1.165) is 49.3 Å². The molecule has 9 nitrogen and oxygen atoms in total. The normalized spacial score (nSPS) is 22.2. The summed E-state index contributed by atoms with van der Waals surface area (Å²) in [5, 5.41) is 17.7. The fourth-order valence-electron chi connectivity index (χ4n) is 5.48. The number of benzene rings is 2. The van der Waals surface area contributed by atoms with Crippen molar-refractivity contribution in [2.24, 2.45) is 16.9 Å². The van der Waals surface area contributed by atoms with E-state index < -0.39 is 0 Å². The molecule has 2 atom stereocenters. The van der Waals surface area contributed by atoms with Gasteiger partial charge in [0.2, 0.25) is 5.91 Å². The summed E-state index contributed by atoms with van der Waals surface area (Å²) >= 11 is 0. The van der Waals surface area contributed by atoms with Gasteiger partial charge >= 0.3 is 0 Å². The molecule has 0 radical (unpaired) electrons. The highest BCUT2D eigenvalue weighted by Gasteiger charge is 2.43. The van der Waals surface area contributed by atoms with Gasteiger partial charge in [0.05, 0.1) is 36.8 Å². The topological polar surface area (TPSA) is 97.5 Å². The summed E-state index contributed by atoms with van der Waals surface area (Å²) in [6.45, 7) is 1.50. The number of amides is 1. The van der Waals surface area contributed by atoms with Crippen LogP contribution in [-0.2, 0) is 4.79 Å². The van der Waals surface area contributed by atoms with Crippen LogP contribution in [0, 0.1) is 22.0 Å². The minimum absolute atomic E-state index is 0.00815. The maximum Gasteiger partial charge on any atom is 0.269 e. The Balaban J connectivity index is 1.39. The number of rotatable bonds is 6. The Kier molecular flexibility index (Phi) is 6.63. The number of ether oxygens (including phenoxy) is 2. The van der Waals surface area contributed by atoms with Gasteiger partial charge in [-0.25, -0.2) is 5.01 Å². The number of allylic oxidation sites excluding steroid dienone is 2. The van der Waals surface area contributed by atoms with Crippen LogP contribution < -0.4 is 14.4 Å². The molecule has 1 saturated heterocycles. The molecule has 5 rings (SSSR count). The smallest absolute Gasteiger partial charge is 0.269 e. The highest BCUT2D eigenvalue weighted by Crippen LogP contribution is 2.38. The minimum Gasteiger partial charge on any atom is -0.493 e. The van der Waals surface area contributed by atoms with E-state index in [4.69, 9.17) is 14.6 Å². The van der Waals surface area contributed by atoms with Crippen LogP contribution in [0.3, 0.4) is 0 Å². The van der Waals surface area contributed by atoms with E-state index in [2.05, 4.69) is 17.1 Å². The zero-order valence-electron chi connectivity index (χ0n) is 20.5. The van der Waals surface area contributed by atoms with Gasteiger partial charge in [-0.2, -0.15) is 5.10 Å². The molecule has 1 aliphatic carbocycles. The lowest BCUT2D eigenvalue weighted by Gasteiger charge is -2.43. The molecular weight excluding hydrogens is 460 g/mol. The Labute approximate surface area is 210 Å². The molecule has 9 heteroatoms. The number of methoxy groups -OCH3 is 2. The Morgan fingerprint density at radius 2 is 1.61 bits per heavy atom. The average molecular weight is 491 g/mol. The number of fused-ring (bicyclic) bond motifs is 1. The zero-order valence-corrected chi connectivity index (χ0v) is 20.5. The van der Waals surface area contributed by atoms with Crippen molar-refractivity contribution in [3.8, 4) is 11.5 Å². The monoisotopic (exact) mass is 490 g/mol. The van der Waals surface area contributed by atoms with Crippen LogP contribution in [0.2, 0.25) is 0 Å². The van der Waals surface area contributed by atoms with E-state index in [0.29, 0.717) is 17.9 Å². The summed E-state index contributed by atoms with van der Waals surface area (Å²) in [4.78, 5) is 26.4. The molecule has 2 aromatic rings. The Morgan fingerprint density at radius 3 is 2.25 bits per heavy atom. The van der Waals surface area contributed by atoms with Crippen LogP contribution in [0.25, 0.3) is 0 Å². The number of hydrogen-bond acceptors (Lipinski definition) is 7. The highest BCUT2D eigenvalue weighted by atomic mass is 16.6. The van der Waals surface area contributed by atoms with Crippen molar-refractivity contribution in [2.75, 3.05) is 32.2 Å². The van der Waals surface area contributed by atoms with Gasteiger partial charge in [-0.1, -0.05) is 12.2 Å². The number of carbonyl (C=O) groups excluding carboxylic acids is 1. The van der Waals surface area contributed by atoms with Gasteiger partial charge in [-0.05, 0) is 56.0 Å². The first-order chi connectivity index (χ1) is 17.5. The highest BCUT2D eigenvalue weighted by molar-refractivity contribution is 6.07. The number of hydrogen-bond donors (Lipinski definition) is 0. The predicted octanol–water partition coefficient (Wildman–Crippen LogP) is 4.41. The molecule has 2 aliphatic heterocycles. The van der Waals surface area contributed by atoms with E-state index in [1.54, 1.807) is 31.4 Å². The van der Waals surface area contributed by atoms with Crippen molar-refractivity contribution < 1.29 is 19.2 Å². The van der Waals surface area contributed by atoms with Crippen LogP contribution in [0.15, 0.2) is 59.7 Å². The second-order valence-corrected chi connectivity index (χ2v) is 9.39. The van der Waals surface area contributed by atoms with Crippen molar-refractivity contribution in [3.05, 3.63) is 70.3 Å². The van der Waals surface area contributed by atoms with Crippen molar-refractivity contribution in [2.45, 2.75) is 31.7 Å². The van der Waals surface area contributed by atoms with Gasteiger partial charge in [0.1, 0.15) is 0 Å². The van der Waals surface area contributed by atoms with Gasteiger partial charge in [0.15, 0.2) is 11.5 Å². The van der Waals surface area contributed by atoms with Gasteiger partial charge in [-0.15, -0.1) is 0 Å². The Bertz CT molecular complexity index is 1200. The fourth-order valence-corrected chi connectivity index (χ4v) is 5.48. The van der Waals surface area contributed by atoms with Crippen molar-refractivity contribution in [1.29, 1.82) is 0 Å². The second kappa shape index (κ2) is 10.0. The quantitative estimate of drug-likeness (QED) is 0.338. The Morgan fingerprint density at radius 1 is 0.944 bits per heavy atom. The van der Waals surface area contributed by atoms with E-state index in [1.807, 2.05) is 18.2 Å². The molecule has 0 N–H and O–H groups in total. The maximum atomic E-state index is 13.6. The number of piperidine rings is 1.